The Kier molecular flexibility index (Phi) is 3.74. The van der Waals surface area contributed by atoms with Crippen molar-refractivity contribution in [3.8, 4) is 0 Å². The fourth-order valence-electron chi connectivity index (χ4n) is 3.09. The van der Waals surface area contributed by atoms with E-state index in [1.54, 1.807) is 0 Å². The maximum atomic E-state index is 6.10. The first-order valence-electron chi connectivity index (χ1n) is 8.70. The highest BCUT2D eigenvalue weighted by molar-refractivity contribution is 6.62. The lowest BCUT2D eigenvalue weighted by molar-refractivity contribution is 0.00578. The molecule has 3 aromatic rings. The van der Waals surface area contributed by atoms with Crippen LogP contribution in [0.2, 0.25) is 0 Å². The Labute approximate surface area is 148 Å². The van der Waals surface area contributed by atoms with Gasteiger partial charge in [-0.05, 0) is 50.1 Å². The Morgan fingerprint density at radius 3 is 2.36 bits per heavy atom. The number of rotatable bonds is 3. The predicted molar refractivity (Wildman–Crippen MR) is 101 cm³/mol. The smallest absolute Gasteiger partial charge is 0.399 e. The average Bonchev–Trinajstić information content (AvgIpc) is 3.10. The number of benzene rings is 2. The topological polar surface area (TPSA) is 36.3 Å². The quantitative estimate of drug-likeness (QED) is 0.689. The summed E-state index contributed by atoms with van der Waals surface area (Å²) >= 11 is 0. The summed E-state index contributed by atoms with van der Waals surface area (Å²) < 4.78 is 14.1. The third-order valence-electron chi connectivity index (χ3n) is 5.34. The Morgan fingerprint density at radius 2 is 1.64 bits per heavy atom. The van der Waals surface area contributed by atoms with Gasteiger partial charge in [0, 0.05) is 17.9 Å². The van der Waals surface area contributed by atoms with Gasteiger partial charge in [0.2, 0.25) is 0 Å². The molecule has 0 N–H and O–H groups in total. The SMILES string of the molecule is CC1(C)OB(c2cnn(Cc3ccc4ccccc4c3)c2)OC1(C)C. The first kappa shape index (κ1) is 16.4. The van der Waals surface area contributed by atoms with Gasteiger partial charge in [-0.15, -0.1) is 0 Å². The van der Waals surface area contributed by atoms with E-state index >= 15 is 0 Å². The molecule has 25 heavy (non-hydrogen) atoms. The van der Waals surface area contributed by atoms with Crippen molar-refractivity contribution in [1.82, 2.24) is 9.78 Å². The standard InChI is InChI=1S/C20H23BN2O2/c1-19(2)20(3,4)25-21(24-19)18-12-22-23(14-18)13-15-9-10-16-7-5-6-8-17(16)11-15/h5-12,14H,13H2,1-4H3. The van der Waals surface area contributed by atoms with Crippen molar-refractivity contribution < 1.29 is 9.31 Å². The lowest BCUT2D eigenvalue weighted by Crippen LogP contribution is -2.41. The Balaban J connectivity index is 1.53. The normalized spacial score (nSPS) is 18.8. The molecule has 0 spiro atoms. The number of aromatic nitrogens is 2. The minimum absolute atomic E-state index is 0.335. The minimum Gasteiger partial charge on any atom is -0.399 e. The van der Waals surface area contributed by atoms with E-state index in [0.29, 0.717) is 0 Å². The van der Waals surface area contributed by atoms with Gasteiger partial charge in [0.05, 0.1) is 17.7 Å². The molecule has 128 valence electrons. The van der Waals surface area contributed by atoms with Gasteiger partial charge in [-0.3, -0.25) is 4.68 Å². The number of hydrogen-bond acceptors (Lipinski definition) is 3. The fraction of sp³-hybridized carbons (Fsp3) is 0.350. The molecule has 1 saturated heterocycles. The Bertz CT molecular complexity index is 901. The molecule has 2 aromatic carbocycles. The van der Waals surface area contributed by atoms with Crippen molar-refractivity contribution in [3.63, 3.8) is 0 Å². The summed E-state index contributed by atoms with van der Waals surface area (Å²) in [5, 5.41) is 6.99. The summed E-state index contributed by atoms with van der Waals surface area (Å²) in [7, 11) is -0.365. The maximum Gasteiger partial charge on any atom is 0.498 e. The zero-order valence-corrected chi connectivity index (χ0v) is 15.2. The second-order valence-corrected chi connectivity index (χ2v) is 7.74. The van der Waals surface area contributed by atoms with Crippen LogP contribution in [0.25, 0.3) is 10.8 Å². The molecule has 0 unspecified atom stereocenters. The van der Waals surface area contributed by atoms with Crippen molar-refractivity contribution in [2.75, 3.05) is 0 Å². The largest absolute Gasteiger partial charge is 0.498 e. The summed E-state index contributed by atoms with van der Waals surface area (Å²) in [6.45, 7) is 8.97. The first-order chi connectivity index (χ1) is 11.8. The van der Waals surface area contributed by atoms with Crippen LogP contribution >= 0.6 is 0 Å². The van der Waals surface area contributed by atoms with Gasteiger partial charge in [0.1, 0.15) is 0 Å². The van der Waals surface area contributed by atoms with Crippen LogP contribution in [0.4, 0.5) is 0 Å². The van der Waals surface area contributed by atoms with Crippen LogP contribution in [0.5, 0.6) is 0 Å². The molecule has 0 bridgehead atoms. The van der Waals surface area contributed by atoms with Gasteiger partial charge in [0.25, 0.3) is 0 Å². The van der Waals surface area contributed by atoms with Crippen molar-refractivity contribution in [3.05, 3.63) is 60.4 Å². The Hall–Kier alpha value is -2.11. The number of nitrogens with zero attached hydrogens (tertiary/aromatic N) is 2. The molecule has 5 heteroatoms. The highest BCUT2D eigenvalue weighted by Gasteiger charge is 2.52. The first-order valence-corrected chi connectivity index (χ1v) is 8.70. The molecule has 0 atom stereocenters. The van der Waals surface area contributed by atoms with Crippen molar-refractivity contribution in [1.29, 1.82) is 0 Å². The van der Waals surface area contributed by atoms with E-state index < -0.39 is 0 Å². The van der Waals surface area contributed by atoms with E-state index in [4.69, 9.17) is 9.31 Å². The van der Waals surface area contributed by atoms with E-state index in [0.717, 1.165) is 12.0 Å². The highest BCUT2D eigenvalue weighted by Crippen LogP contribution is 2.36. The third-order valence-corrected chi connectivity index (χ3v) is 5.34. The van der Waals surface area contributed by atoms with E-state index in [1.807, 2.05) is 17.1 Å². The van der Waals surface area contributed by atoms with Gasteiger partial charge in [-0.2, -0.15) is 5.10 Å². The second kappa shape index (κ2) is 5.72. The monoisotopic (exact) mass is 334 g/mol. The molecule has 0 radical (unpaired) electrons. The van der Waals surface area contributed by atoms with Crippen molar-refractivity contribution >= 4 is 23.4 Å². The van der Waals surface area contributed by atoms with E-state index in [-0.39, 0.29) is 18.3 Å². The van der Waals surface area contributed by atoms with Gasteiger partial charge in [0.15, 0.2) is 0 Å². The van der Waals surface area contributed by atoms with E-state index in [1.165, 1.54) is 16.3 Å². The van der Waals surface area contributed by atoms with Crippen LogP contribution in [0.15, 0.2) is 54.9 Å². The minimum atomic E-state index is -0.365. The van der Waals surface area contributed by atoms with Crippen LogP contribution in [0, 0.1) is 0 Å². The molecule has 0 saturated carbocycles. The fourth-order valence-corrected chi connectivity index (χ4v) is 3.09. The lowest BCUT2D eigenvalue weighted by Gasteiger charge is -2.32. The zero-order valence-electron chi connectivity index (χ0n) is 15.2. The molecule has 1 aliphatic rings. The summed E-state index contributed by atoms with van der Waals surface area (Å²) in [6, 6.07) is 14.9. The second-order valence-electron chi connectivity index (χ2n) is 7.74. The summed E-state index contributed by atoms with van der Waals surface area (Å²) in [5.74, 6) is 0. The lowest BCUT2D eigenvalue weighted by atomic mass is 9.82. The van der Waals surface area contributed by atoms with Crippen LogP contribution < -0.4 is 5.46 Å². The summed E-state index contributed by atoms with van der Waals surface area (Å²) in [4.78, 5) is 0. The summed E-state index contributed by atoms with van der Waals surface area (Å²) in [5.41, 5.74) is 1.51. The molecule has 0 amide bonds. The third kappa shape index (κ3) is 2.98. The van der Waals surface area contributed by atoms with E-state index in [9.17, 15) is 0 Å². The highest BCUT2D eigenvalue weighted by atomic mass is 16.7. The predicted octanol–water partition coefficient (Wildman–Crippen LogP) is 3.38. The molecule has 1 aliphatic heterocycles. The van der Waals surface area contributed by atoms with Gasteiger partial charge < -0.3 is 9.31 Å². The molecule has 1 aromatic heterocycles. The molecular weight excluding hydrogens is 311 g/mol. The van der Waals surface area contributed by atoms with Crippen molar-refractivity contribution in [2.45, 2.75) is 45.4 Å². The van der Waals surface area contributed by atoms with Crippen LogP contribution in [0.3, 0.4) is 0 Å². The molecule has 4 rings (SSSR count). The average molecular weight is 334 g/mol. The van der Waals surface area contributed by atoms with Gasteiger partial charge in [-0.25, -0.2) is 0 Å². The zero-order chi connectivity index (χ0) is 17.7. The number of fused-ring (bicyclic) bond motifs is 1. The number of hydrogen-bond donors (Lipinski definition) is 0. The van der Waals surface area contributed by atoms with Crippen LogP contribution in [-0.4, -0.2) is 28.1 Å². The van der Waals surface area contributed by atoms with Crippen molar-refractivity contribution in [2.24, 2.45) is 0 Å². The molecule has 0 aliphatic carbocycles. The van der Waals surface area contributed by atoms with E-state index in [2.05, 4.69) is 75.3 Å². The van der Waals surface area contributed by atoms with Gasteiger partial charge >= 0.3 is 7.12 Å². The molecule has 4 nitrogen and oxygen atoms in total. The maximum absolute atomic E-state index is 6.10. The molecular formula is C20H23BN2O2. The summed E-state index contributed by atoms with van der Waals surface area (Å²) in [6.07, 6.45) is 3.85. The molecule has 1 fully saturated rings. The van der Waals surface area contributed by atoms with Gasteiger partial charge in [-0.1, -0.05) is 36.4 Å². The van der Waals surface area contributed by atoms with Crippen LogP contribution in [0.1, 0.15) is 33.3 Å². The molecule has 2 heterocycles. The van der Waals surface area contributed by atoms with Crippen LogP contribution in [-0.2, 0) is 15.9 Å². The Morgan fingerprint density at radius 1 is 0.960 bits per heavy atom.